The van der Waals surface area contributed by atoms with Crippen molar-refractivity contribution in [3.8, 4) is 0 Å². The summed E-state index contributed by atoms with van der Waals surface area (Å²) in [5, 5.41) is 3.89. The zero-order valence-electron chi connectivity index (χ0n) is 10.5. The van der Waals surface area contributed by atoms with E-state index in [0.29, 0.717) is 19.3 Å². The number of ether oxygens (including phenoxy) is 1. The van der Waals surface area contributed by atoms with Crippen molar-refractivity contribution < 1.29 is 9.53 Å². The summed E-state index contributed by atoms with van der Waals surface area (Å²) in [4.78, 5) is 13.9. The van der Waals surface area contributed by atoms with Crippen LogP contribution in [-0.2, 0) is 4.74 Å². The summed E-state index contributed by atoms with van der Waals surface area (Å²) in [7, 11) is 0. The number of hydrogen-bond donors (Lipinski definition) is 1. The first kappa shape index (κ1) is 13.0. The van der Waals surface area contributed by atoms with Gasteiger partial charge in [0.2, 0.25) is 0 Å². The summed E-state index contributed by atoms with van der Waals surface area (Å²) in [5.41, 5.74) is 0. The lowest BCUT2D eigenvalue weighted by molar-refractivity contribution is 0.0522. The molecular weight excluding hydrogens is 236 g/mol. The predicted molar refractivity (Wildman–Crippen MR) is 70.5 cm³/mol. The number of morpholine rings is 1. The monoisotopic (exact) mass is 258 g/mol. The molecule has 5 heteroatoms. The zero-order valence-corrected chi connectivity index (χ0v) is 11.3. The van der Waals surface area contributed by atoms with E-state index in [1.807, 2.05) is 16.7 Å². The SMILES string of the molecule is CSC1CCCC(NC(=O)N2CCOCC2)C1. The highest BCUT2D eigenvalue weighted by Gasteiger charge is 2.25. The van der Waals surface area contributed by atoms with Crippen molar-refractivity contribution in [3.05, 3.63) is 0 Å². The van der Waals surface area contributed by atoms with Gasteiger partial charge in [-0.15, -0.1) is 0 Å². The van der Waals surface area contributed by atoms with E-state index < -0.39 is 0 Å². The van der Waals surface area contributed by atoms with Crippen molar-refractivity contribution >= 4 is 17.8 Å². The number of hydrogen-bond acceptors (Lipinski definition) is 3. The van der Waals surface area contributed by atoms with Crippen LogP contribution in [0.15, 0.2) is 0 Å². The smallest absolute Gasteiger partial charge is 0.317 e. The zero-order chi connectivity index (χ0) is 12.1. The van der Waals surface area contributed by atoms with E-state index in [2.05, 4.69) is 11.6 Å². The molecule has 1 heterocycles. The molecule has 98 valence electrons. The summed E-state index contributed by atoms with van der Waals surface area (Å²) < 4.78 is 5.25. The third kappa shape index (κ3) is 3.78. The fraction of sp³-hybridized carbons (Fsp3) is 0.917. The molecule has 2 amide bonds. The maximum atomic E-state index is 12.0. The van der Waals surface area contributed by atoms with Gasteiger partial charge in [0, 0.05) is 24.4 Å². The molecule has 1 saturated heterocycles. The summed E-state index contributed by atoms with van der Waals surface area (Å²) in [6, 6.07) is 0.469. The lowest BCUT2D eigenvalue weighted by Crippen LogP contribution is -2.50. The molecule has 0 aromatic heterocycles. The second-order valence-electron chi connectivity index (χ2n) is 4.77. The molecule has 2 aliphatic rings. The van der Waals surface area contributed by atoms with Crippen molar-refractivity contribution in [1.29, 1.82) is 0 Å². The quantitative estimate of drug-likeness (QED) is 0.819. The Bertz CT molecular complexity index is 257. The maximum Gasteiger partial charge on any atom is 0.317 e. The van der Waals surface area contributed by atoms with Crippen LogP contribution in [0.1, 0.15) is 25.7 Å². The van der Waals surface area contributed by atoms with Crippen LogP contribution in [0, 0.1) is 0 Å². The number of nitrogens with zero attached hydrogens (tertiary/aromatic N) is 1. The molecule has 4 nitrogen and oxygen atoms in total. The lowest BCUT2D eigenvalue weighted by atomic mass is 9.95. The van der Waals surface area contributed by atoms with Gasteiger partial charge in [0.15, 0.2) is 0 Å². The van der Waals surface area contributed by atoms with Gasteiger partial charge in [-0.3, -0.25) is 0 Å². The highest BCUT2D eigenvalue weighted by Crippen LogP contribution is 2.26. The largest absolute Gasteiger partial charge is 0.378 e. The minimum absolute atomic E-state index is 0.0973. The molecule has 1 saturated carbocycles. The standard InChI is InChI=1S/C12H22N2O2S/c1-17-11-4-2-3-10(9-11)13-12(15)14-5-7-16-8-6-14/h10-11H,2-9H2,1H3,(H,13,15). The van der Waals surface area contributed by atoms with Gasteiger partial charge in [0.1, 0.15) is 0 Å². The van der Waals surface area contributed by atoms with Gasteiger partial charge < -0.3 is 15.0 Å². The van der Waals surface area contributed by atoms with E-state index in [1.54, 1.807) is 0 Å². The van der Waals surface area contributed by atoms with E-state index in [4.69, 9.17) is 4.74 Å². The summed E-state index contributed by atoms with van der Waals surface area (Å²) in [6.45, 7) is 2.80. The number of nitrogens with one attached hydrogen (secondary N) is 1. The van der Waals surface area contributed by atoms with Crippen LogP contribution >= 0.6 is 11.8 Å². The van der Waals surface area contributed by atoms with Crippen LogP contribution < -0.4 is 5.32 Å². The van der Waals surface area contributed by atoms with E-state index in [0.717, 1.165) is 31.2 Å². The van der Waals surface area contributed by atoms with Gasteiger partial charge in [0.25, 0.3) is 0 Å². The molecule has 0 radical (unpaired) electrons. The van der Waals surface area contributed by atoms with Crippen molar-refractivity contribution in [2.75, 3.05) is 32.6 Å². The summed E-state index contributed by atoms with van der Waals surface area (Å²) in [6.07, 6.45) is 6.95. The Kier molecular flexibility index (Phi) is 4.98. The topological polar surface area (TPSA) is 41.6 Å². The molecule has 17 heavy (non-hydrogen) atoms. The molecule has 1 aliphatic carbocycles. The molecule has 2 atom stereocenters. The molecule has 2 rings (SSSR count). The molecular formula is C12H22N2O2S. The Hall–Kier alpha value is -0.420. The first-order chi connectivity index (χ1) is 8.29. The molecule has 0 bridgehead atoms. The van der Waals surface area contributed by atoms with Crippen LogP contribution in [0.3, 0.4) is 0 Å². The molecule has 0 spiro atoms. The third-order valence-electron chi connectivity index (χ3n) is 3.59. The van der Waals surface area contributed by atoms with Crippen molar-refractivity contribution in [2.24, 2.45) is 0 Å². The van der Waals surface area contributed by atoms with Crippen LogP contribution in [0.2, 0.25) is 0 Å². The Morgan fingerprint density at radius 3 is 2.82 bits per heavy atom. The van der Waals surface area contributed by atoms with Crippen molar-refractivity contribution in [1.82, 2.24) is 10.2 Å². The average molecular weight is 258 g/mol. The van der Waals surface area contributed by atoms with Crippen LogP contribution in [0.25, 0.3) is 0 Å². The second-order valence-corrected chi connectivity index (χ2v) is 5.91. The Morgan fingerprint density at radius 1 is 1.35 bits per heavy atom. The fourth-order valence-electron chi connectivity index (χ4n) is 2.52. The van der Waals surface area contributed by atoms with Gasteiger partial charge in [-0.25, -0.2) is 4.79 Å². The summed E-state index contributed by atoms with van der Waals surface area (Å²) >= 11 is 1.93. The van der Waals surface area contributed by atoms with Crippen LogP contribution in [-0.4, -0.2) is 54.8 Å². The maximum absolute atomic E-state index is 12.0. The number of amides is 2. The Morgan fingerprint density at radius 2 is 2.12 bits per heavy atom. The highest BCUT2D eigenvalue weighted by atomic mass is 32.2. The first-order valence-electron chi connectivity index (χ1n) is 6.45. The predicted octanol–water partition coefficient (Wildman–Crippen LogP) is 1.70. The Labute approximate surface area is 107 Å². The molecule has 0 aromatic rings. The molecule has 2 unspecified atom stereocenters. The number of urea groups is 1. The molecule has 1 aliphatic heterocycles. The highest BCUT2D eigenvalue weighted by molar-refractivity contribution is 7.99. The van der Waals surface area contributed by atoms with Crippen LogP contribution in [0.5, 0.6) is 0 Å². The van der Waals surface area contributed by atoms with Gasteiger partial charge in [0.05, 0.1) is 13.2 Å². The minimum atomic E-state index is 0.0973. The second kappa shape index (κ2) is 6.50. The minimum Gasteiger partial charge on any atom is -0.378 e. The molecule has 2 fully saturated rings. The van der Waals surface area contributed by atoms with Gasteiger partial charge in [-0.05, 0) is 25.5 Å². The third-order valence-corrected chi connectivity index (χ3v) is 4.68. The van der Waals surface area contributed by atoms with E-state index >= 15 is 0 Å². The molecule has 0 aromatic carbocycles. The Balaban J connectivity index is 1.77. The summed E-state index contributed by atoms with van der Waals surface area (Å²) in [5.74, 6) is 0. The van der Waals surface area contributed by atoms with Gasteiger partial charge in [-0.1, -0.05) is 6.42 Å². The fourth-order valence-corrected chi connectivity index (χ4v) is 3.35. The van der Waals surface area contributed by atoms with Crippen molar-refractivity contribution in [3.63, 3.8) is 0 Å². The van der Waals surface area contributed by atoms with Crippen LogP contribution in [0.4, 0.5) is 4.79 Å². The first-order valence-corrected chi connectivity index (χ1v) is 7.74. The molecule has 1 N–H and O–H groups in total. The number of carbonyl (C=O) groups is 1. The van der Waals surface area contributed by atoms with Crippen molar-refractivity contribution in [2.45, 2.75) is 37.0 Å². The van der Waals surface area contributed by atoms with Gasteiger partial charge >= 0.3 is 6.03 Å². The number of carbonyl (C=O) groups excluding carboxylic acids is 1. The number of thioether (sulfide) groups is 1. The van der Waals surface area contributed by atoms with Gasteiger partial charge in [-0.2, -0.15) is 11.8 Å². The van der Waals surface area contributed by atoms with E-state index in [1.165, 1.54) is 12.8 Å². The average Bonchev–Trinajstić information content (AvgIpc) is 2.40. The normalized spacial score (nSPS) is 30.1. The number of rotatable bonds is 2. The lowest BCUT2D eigenvalue weighted by Gasteiger charge is -2.32. The van der Waals surface area contributed by atoms with E-state index in [-0.39, 0.29) is 6.03 Å². The van der Waals surface area contributed by atoms with E-state index in [9.17, 15) is 4.79 Å².